The van der Waals surface area contributed by atoms with Gasteiger partial charge >= 0.3 is 0 Å². The zero-order chi connectivity index (χ0) is 11.7. The third-order valence-electron chi connectivity index (χ3n) is 2.01. The highest BCUT2D eigenvalue weighted by Gasteiger charge is 2.07. The Bertz CT molecular complexity index is 176. The molecule has 5 nitrogen and oxygen atoms in total. The Morgan fingerprint density at radius 1 is 1.47 bits per heavy atom. The minimum atomic E-state index is -0.800. The molecule has 0 heterocycles. The summed E-state index contributed by atoms with van der Waals surface area (Å²) in [5.74, 6) is -0.0823. The van der Waals surface area contributed by atoms with Gasteiger partial charge in [-0.25, -0.2) is 0 Å². The van der Waals surface area contributed by atoms with Crippen molar-refractivity contribution in [3.8, 4) is 0 Å². The first-order valence-electron chi connectivity index (χ1n) is 5.39. The van der Waals surface area contributed by atoms with Gasteiger partial charge in [-0.1, -0.05) is 13.3 Å². The monoisotopic (exact) mass is 218 g/mol. The van der Waals surface area contributed by atoms with E-state index in [1.54, 1.807) is 0 Å². The Hall–Kier alpha value is -0.650. The van der Waals surface area contributed by atoms with Crippen molar-refractivity contribution in [3.05, 3.63) is 0 Å². The number of carbonyl (C=O) groups excluding carboxylic acids is 1. The van der Waals surface area contributed by atoms with Gasteiger partial charge in [0.1, 0.15) is 0 Å². The number of nitrogens with one attached hydrogen (secondary N) is 2. The summed E-state index contributed by atoms with van der Waals surface area (Å²) in [4.78, 5) is 11.3. The fraction of sp³-hybridized carbons (Fsp3) is 0.900. The number of hydrogen-bond acceptors (Lipinski definition) is 4. The van der Waals surface area contributed by atoms with Gasteiger partial charge in [-0.2, -0.15) is 0 Å². The standard InChI is InChI=1S/C10H22N2O3/c1-3-4-8(2)12-10(15)6-11-5-9(14)7-13/h8-9,11,13-14H,3-7H2,1-2H3,(H,12,15). The first-order valence-corrected chi connectivity index (χ1v) is 5.39. The van der Waals surface area contributed by atoms with Crippen LogP contribution in [-0.4, -0.2) is 48.0 Å². The van der Waals surface area contributed by atoms with Gasteiger partial charge in [-0.15, -0.1) is 0 Å². The minimum absolute atomic E-state index is 0.0823. The van der Waals surface area contributed by atoms with E-state index in [1.165, 1.54) is 0 Å². The average molecular weight is 218 g/mol. The highest BCUT2D eigenvalue weighted by atomic mass is 16.3. The highest BCUT2D eigenvalue weighted by Crippen LogP contribution is 1.93. The van der Waals surface area contributed by atoms with Gasteiger partial charge in [0.25, 0.3) is 0 Å². The van der Waals surface area contributed by atoms with Crippen LogP contribution in [0.3, 0.4) is 0 Å². The van der Waals surface area contributed by atoms with Crippen molar-refractivity contribution in [2.75, 3.05) is 19.7 Å². The molecule has 0 saturated carbocycles. The average Bonchev–Trinajstić information content (AvgIpc) is 2.17. The summed E-state index contributed by atoms with van der Waals surface area (Å²) in [7, 11) is 0. The lowest BCUT2D eigenvalue weighted by atomic mass is 10.2. The van der Waals surface area contributed by atoms with Crippen LogP contribution in [0.4, 0.5) is 0 Å². The van der Waals surface area contributed by atoms with Crippen molar-refractivity contribution >= 4 is 5.91 Å². The molecule has 0 aliphatic rings. The fourth-order valence-corrected chi connectivity index (χ4v) is 1.25. The van der Waals surface area contributed by atoms with E-state index in [0.29, 0.717) is 0 Å². The molecule has 5 heteroatoms. The van der Waals surface area contributed by atoms with E-state index < -0.39 is 6.10 Å². The van der Waals surface area contributed by atoms with E-state index in [9.17, 15) is 4.79 Å². The van der Waals surface area contributed by atoms with Gasteiger partial charge < -0.3 is 20.8 Å². The molecule has 2 unspecified atom stereocenters. The van der Waals surface area contributed by atoms with Gasteiger partial charge in [0.15, 0.2) is 0 Å². The van der Waals surface area contributed by atoms with Crippen LogP contribution in [-0.2, 0) is 4.79 Å². The van der Waals surface area contributed by atoms with Crippen LogP contribution in [0.25, 0.3) is 0 Å². The molecule has 0 bridgehead atoms. The number of aliphatic hydroxyl groups is 2. The number of aliphatic hydroxyl groups excluding tert-OH is 2. The lowest BCUT2D eigenvalue weighted by Crippen LogP contribution is -2.41. The maximum atomic E-state index is 11.3. The molecular formula is C10H22N2O3. The smallest absolute Gasteiger partial charge is 0.234 e. The third kappa shape index (κ3) is 8.35. The number of carbonyl (C=O) groups is 1. The van der Waals surface area contributed by atoms with E-state index in [0.717, 1.165) is 12.8 Å². The lowest BCUT2D eigenvalue weighted by Gasteiger charge is -2.13. The Kier molecular flexibility index (Phi) is 8.27. The predicted molar refractivity (Wildman–Crippen MR) is 58.5 cm³/mol. The summed E-state index contributed by atoms with van der Waals surface area (Å²) >= 11 is 0. The van der Waals surface area contributed by atoms with Crippen LogP contribution in [0.15, 0.2) is 0 Å². The first kappa shape index (κ1) is 14.3. The van der Waals surface area contributed by atoms with Crippen molar-refractivity contribution < 1.29 is 15.0 Å². The SMILES string of the molecule is CCCC(C)NC(=O)CNCC(O)CO. The van der Waals surface area contributed by atoms with Gasteiger partial charge in [0.05, 0.1) is 19.3 Å². The summed E-state index contributed by atoms with van der Waals surface area (Å²) in [5.41, 5.74) is 0. The van der Waals surface area contributed by atoms with Gasteiger partial charge in [0.2, 0.25) is 5.91 Å². The van der Waals surface area contributed by atoms with Crippen LogP contribution in [0, 0.1) is 0 Å². The maximum Gasteiger partial charge on any atom is 0.234 e. The second kappa shape index (κ2) is 8.64. The van der Waals surface area contributed by atoms with Crippen molar-refractivity contribution in [2.45, 2.75) is 38.8 Å². The molecule has 1 amide bonds. The molecule has 15 heavy (non-hydrogen) atoms. The van der Waals surface area contributed by atoms with E-state index >= 15 is 0 Å². The fourth-order valence-electron chi connectivity index (χ4n) is 1.25. The van der Waals surface area contributed by atoms with Crippen LogP contribution in [0.1, 0.15) is 26.7 Å². The number of rotatable bonds is 8. The van der Waals surface area contributed by atoms with E-state index in [1.807, 2.05) is 6.92 Å². The molecule has 0 spiro atoms. The van der Waals surface area contributed by atoms with Crippen molar-refractivity contribution in [1.29, 1.82) is 0 Å². The molecule has 0 aromatic heterocycles. The quantitative estimate of drug-likeness (QED) is 0.431. The summed E-state index contributed by atoms with van der Waals surface area (Å²) < 4.78 is 0. The lowest BCUT2D eigenvalue weighted by molar-refractivity contribution is -0.120. The van der Waals surface area contributed by atoms with Gasteiger partial charge in [-0.3, -0.25) is 4.79 Å². The normalized spacial score (nSPS) is 14.7. The molecule has 2 atom stereocenters. The molecule has 90 valence electrons. The predicted octanol–water partition coefficient (Wildman–Crippen LogP) is -0.766. The number of amides is 1. The summed E-state index contributed by atoms with van der Waals surface area (Å²) in [5, 5.41) is 23.1. The van der Waals surface area contributed by atoms with E-state index in [2.05, 4.69) is 17.6 Å². The summed E-state index contributed by atoms with van der Waals surface area (Å²) in [6.45, 7) is 4.14. The molecule has 0 aliphatic carbocycles. The molecule has 4 N–H and O–H groups in total. The molecule has 0 saturated heterocycles. The largest absolute Gasteiger partial charge is 0.394 e. The van der Waals surface area contributed by atoms with Crippen molar-refractivity contribution in [1.82, 2.24) is 10.6 Å². The van der Waals surface area contributed by atoms with Crippen LogP contribution >= 0.6 is 0 Å². The Balaban J connectivity index is 3.48. The molecule has 0 aromatic rings. The molecule has 0 aliphatic heterocycles. The topological polar surface area (TPSA) is 81.6 Å². The Labute approximate surface area is 90.9 Å². The minimum Gasteiger partial charge on any atom is -0.394 e. The molecular weight excluding hydrogens is 196 g/mol. The molecule has 0 rings (SSSR count). The summed E-state index contributed by atoms with van der Waals surface area (Å²) in [6.07, 6.45) is 1.20. The zero-order valence-corrected chi connectivity index (χ0v) is 9.49. The van der Waals surface area contributed by atoms with Crippen LogP contribution < -0.4 is 10.6 Å². The molecule has 0 aromatic carbocycles. The highest BCUT2D eigenvalue weighted by molar-refractivity contribution is 5.78. The number of hydrogen-bond donors (Lipinski definition) is 4. The van der Waals surface area contributed by atoms with Crippen molar-refractivity contribution in [3.63, 3.8) is 0 Å². The second-order valence-electron chi connectivity index (χ2n) is 3.72. The molecule has 0 fully saturated rings. The van der Waals surface area contributed by atoms with Crippen LogP contribution in [0.5, 0.6) is 0 Å². The molecule has 0 radical (unpaired) electrons. The zero-order valence-electron chi connectivity index (χ0n) is 9.49. The van der Waals surface area contributed by atoms with E-state index in [-0.39, 0.29) is 31.6 Å². The Morgan fingerprint density at radius 2 is 2.13 bits per heavy atom. The Morgan fingerprint density at radius 3 is 2.67 bits per heavy atom. The third-order valence-corrected chi connectivity index (χ3v) is 2.01. The maximum absolute atomic E-state index is 11.3. The van der Waals surface area contributed by atoms with Gasteiger partial charge in [-0.05, 0) is 13.3 Å². The van der Waals surface area contributed by atoms with E-state index in [4.69, 9.17) is 10.2 Å². The van der Waals surface area contributed by atoms with Gasteiger partial charge in [0, 0.05) is 12.6 Å². The summed E-state index contributed by atoms with van der Waals surface area (Å²) in [6, 6.07) is 0.187. The first-order chi connectivity index (χ1) is 7.10. The van der Waals surface area contributed by atoms with Crippen LogP contribution in [0.2, 0.25) is 0 Å². The van der Waals surface area contributed by atoms with Crippen molar-refractivity contribution in [2.24, 2.45) is 0 Å². The second-order valence-corrected chi connectivity index (χ2v) is 3.72.